The highest BCUT2D eigenvalue weighted by molar-refractivity contribution is 6.01. The molecule has 2 aromatic rings. The number of aromatic nitrogens is 2. The second kappa shape index (κ2) is 6.01. The third kappa shape index (κ3) is 2.54. The number of anilines is 2. The third-order valence-electron chi connectivity index (χ3n) is 3.06. The van der Waals surface area contributed by atoms with Crippen molar-refractivity contribution < 1.29 is 5.21 Å². The van der Waals surface area contributed by atoms with Gasteiger partial charge in [-0.3, -0.25) is 0 Å². The Bertz CT molecular complexity index is 626. The van der Waals surface area contributed by atoms with Crippen LogP contribution < -0.4 is 10.6 Å². The summed E-state index contributed by atoms with van der Waals surface area (Å²) in [4.78, 5) is 1.98. The van der Waals surface area contributed by atoms with Gasteiger partial charge in [-0.25, -0.2) is 0 Å². The molecule has 2 rings (SSSR count). The van der Waals surface area contributed by atoms with Crippen molar-refractivity contribution in [1.29, 1.82) is 0 Å². The van der Waals surface area contributed by atoms with Crippen LogP contribution in [0.1, 0.15) is 18.1 Å². The second-order valence-corrected chi connectivity index (χ2v) is 4.28. The van der Waals surface area contributed by atoms with Gasteiger partial charge in [0.1, 0.15) is 0 Å². The lowest BCUT2D eigenvalue weighted by Crippen LogP contribution is -2.24. The van der Waals surface area contributed by atoms with Crippen molar-refractivity contribution >= 4 is 17.3 Å². The fraction of sp³-hybridized carbons (Fsp3) is 0.214. The molecule has 104 valence electrons. The molecule has 1 heterocycles. The molecule has 6 nitrogen and oxygen atoms in total. The second-order valence-electron chi connectivity index (χ2n) is 4.28. The van der Waals surface area contributed by atoms with Crippen LogP contribution in [0.3, 0.4) is 0 Å². The van der Waals surface area contributed by atoms with Crippen LogP contribution in [0.25, 0.3) is 0 Å². The van der Waals surface area contributed by atoms with Gasteiger partial charge in [0.25, 0.3) is 0 Å². The minimum Gasteiger partial charge on any atom is -0.409 e. The van der Waals surface area contributed by atoms with Gasteiger partial charge in [0.15, 0.2) is 11.7 Å². The molecule has 20 heavy (non-hydrogen) atoms. The molecule has 1 aromatic heterocycles. The van der Waals surface area contributed by atoms with E-state index in [0.717, 1.165) is 11.3 Å². The first-order valence-corrected chi connectivity index (χ1v) is 6.31. The van der Waals surface area contributed by atoms with E-state index in [-0.39, 0.29) is 5.84 Å². The summed E-state index contributed by atoms with van der Waals surface area (Å²) >= 11 is 0. The highest BCUT2D eigenvalue weighted by atomic mass is 16.4. The van der Waals surface area contributed by atoms with Crippen molar-refractivity contribution in [2.24, 2.45) is 10.9 Å². The van der Waals surface area contributed by atoms with E-state index in [1.807, 2.05) is 43.0 Å². The molecular formula is C14H17N5O. The van der Waals surface area contributed by atoms with Gasteiger partial charge in [0.05, 0.1) is 11.8 Å². The van der Waals surface area contributed by atoms with Crippen molar-refractivity contribution in [3.8, 4) is 0 Å². The molecular weight excluding hydrogens is 254 g/mol. The number of rotatable bonds is 4. The van der Waals surface area contributed by atoms with Gasteiger partial charge in [-0.1, -0.05) is 23.4 Å². The number of para-hydroxylation sites is 1. The molecule has 0 saturated heterocycles. The molecule has 6 heteroatoms. The first kappa shape index (κ1) is 13.8. The lowest BCUT2D eigenvalue weighted by Gasteiger charge is -2.25. The molecule has 0 spiro atoms. The maximum atomic E-state index is 8.89. The number of amidine groups is 1. The Morgan fingerprint density at radius 3 is 2.75 bits per heavy atom. The maximum Gasteiger partial charge on any atom is 0.173 e. The molecule has 3 N–H and O–H groups in total. The van der Waals surface area contributed by atoms with Crippen LogP contribution in [0.4, 0.5) is 11.5 Å². The number of oxime groups is 1. The minimum absolute atomic E-state index is 0.0157. The summed E-state index contributed by atoms with van der Waals surface area (Å²) in [5.74, 6) is 0.585. The fourth-order valence-corrected chi connectivity index (χ4v) is 2.08. The number of nitrogens with two attached hydrogens (primary N) is 1. The lowest BCUT2D eigenvalue weighted by atomic mass is 10.1. The van der Waals surface area contributed by atoms with Crippen LogP contribution in [-0.4, -0.2) is 27.8 Å². The van der Waals surface area contributed by atoms with Gasteiger partial charge in [-0.2, -0.15) is 5.10 Å². The molecule has 0 amide bonds. The molecule has 0 aliphatic heterocycles. The zero-order chi connectivity index (χ0) is 14.5. The van der Waals surface area contributed by atoms with Gasteiger partial charge in [-0.15, -0.1) is 5.10 Å². The lowest BCUT2D eigenvalue weighted by molar-refractivity contribution is 0.318. The van der Waals surface area contributed by atoms with Gasteiger partial charge >= 0.3 is 0 Å². The van der Waals surface area contributed by atoms with Crippen molar-refractivity contribution in [2.75, 3.05) is 11.4 Å². The first-order chi connectivity index (χ1) is 9.69. The monoisotopic (exact) mass is 271 g/mol. The quantitative estimate of drug-likeness (QED) is 0.384. The van der Waals surface area contributed by atoms with E-state index >= 15 is 0 Å². The zero-order valence-electron chi connectivity index (χ0n) is 11.5. The van der Waals surface area contributed by atoms with Gasteiger partial charge < -0.3 is 15.8 Å². The smallest absolute Gasteiger partial charge is 0.173 e. The van der Waals surface area contributed by atoms with Gasteiger partial charge in [-0.05, 0) is 31.5 Å². The van der Waals surface area contributed by atoms with Crippen molar-refractivity contribution in [1.82, 2.24) is 10.2 Å². The molecule has 0 unspecified atom stereocenters. The van der Waals surface area contributed by atoms with Gasteiger partial charge in [0, 0.05) is 12.2 Å². The Labute approximate surface area is 117 Å². The number of aryl methyl sites for hydroxylation is 1. The van der Waals surface area contributed by atoms with Crippen molar-refractivity contribution in [2.45, 2.75) is 13.8 Å². The van der Waals surface area contributed by atoms with E-state index in [1.165, 1.54) is 6.20 Å². The number of hydrogen-bond acceptors (Lipinski definition) is 5. The summed E-state index contributed by atoms with van der Waals surface area (Å²) in [6.45, 7) is 4.73. The van der Waals surface area contributed by atoms with Crippen LogP contribution in [0.2, 0.25) is 0 Å². The van der Waals surface area contributed by atoms with Crippen molar-refractivity contribution in [3.63, 3.8) is 0 Å². The van der Waals surface area contributed by atoms with Crippen LogP contribution in [0, 0.1) is 6.92 Å². The van der Waals surface area contributed by atoms with Crippen LogP contribution >= 0.6 is 0 Å². The summed E-state index contributed by atoms with van der Waals surface area (Å²) in [6, 6.07) is 9.65. The Kier molecular flexibility index (Phi) is 4.14. The van der Waals surface area contributed by atoms with Crippen LogP contribution in [0.5, 0.6) is 0 Å². The van der Waals surface area contributed by atoms with E-state index in [4.69, 9.17) is 10.9 Å². The topological polar surface area (TPSA) is 87.6 Å². The van der Waals surface area contributed by atoms with E-state index in [1.54, 1.807) is 6.07 Å². The Morgan fingerprint density at radius 2 is 2.10 bits per heavy atom. The standard InChI is InChI=1S/C14H17N5O/c1-3-19(12-7-5-4-6-10(12)2)14-11(13(15)18-20)8-9-16-17-14/h4-9,20H,3H2,1-2H3,(H2,15,18). The molecule has 0 bridgehead atoms. The third-order valence-corrected chi connectivity index (χ3v) is 3.06. The molecule has 0 radical (unpaired) electrons. The Hall–Kier alpha value is -2.63. The van der Waals surface area contributed by atoms with Crippen LogP contribution in [0.15, 0.2) is 41.7 Å². The minimum atomic E-state index is 0.0157. The van der Waals surface area contributed by atoms with E-state index in [0.29, 0.717) is 17.9 Å². The molecule has 0 saturated carbocycles. The first-order valence-electron chi connectivity index (χ1n) is 6.31. The molecule has 0 aliphatic carbocycles. The highest BCUT2D eigenvalue weighted by Crippen LogP contribution is 2.28. The number of nitrogens with zero attached hydrogens (tertiary/aromatic N) is 4. The predicted molar refractivity (Wildman–Crippen MR) is 78.4 cm³/mol. The molecule has 0 fully saturated rings. The zero-order valence-corrected chi connectivity index (χ0v) is 11.5. The molecule has 0 atom stereocenters. The van der Waals surface area contributed by atoms with Crippen molar-refractivity contribution in [3.05, 3.63) is 47.7 Å². The Morgan fingerprint density at radius 1 is 1.35 bits per heavy atom. The average Bonchev–Trinajstić information content (AvgIpc) is 2.49. The molecule has 0 aliphatic rings. The normalized spacial score (nSPS) is 11.4. The van der Waals surface area contributed by atoms with Crippen LogP contribution in [-0.2, 0) is 0 Å². The van der Waals surface area contributed by atoms with E-state index < -0.39 is 0 Å². The van der Waals surface area contributed by atoms with Gasteiger partial charge in [0.2, 0.25) is 0 Å². The summed E-state index contributed by atoms with van der Waals surface area (Å²) in [5, 5.41) is 20.0. The van der Waals surface area contributed by atoms with E-state index in [9.17, 15) is 0 Å². The fourth-order valence-electron chi connectivity index (χ4n) is 2.08. The SMILES string of the molecule is CCN(c1ccccc1C)c1nnccc1/C(N)=N/O. The Balaban J connectivity index is 2.56. The highest BCUT2D eigenvalue weighted by Gasteiger charge is 2.17. The number of hydrogen-bond donors (Lipinski definition) is 2. The summed E-state index contributed by atoms with van der Waals surface area (Å²) in [7, 11) is 0. The average molecular weight is 271 g/mol. The summed E-state index contributed by atoms with van der Waals surface area (Å²) in [5.41, 5.74) is 8.39. The largest absolute Gasteiger partial charge is 0.409 e. The van der Waals surface area contributed by atoms with E-state index in [2.05, 4.69) is 15.4 Å². The number of benzene rings is 1. The summed E-state index contributed by atoms with van der Waals surface area (Å²) in [6.07, 6.45) is 1.52. The maximum absolute atomic E-state index is 8.89. The predicted octanol–water partition coefficient (Wildman–Crippen LogP) is 2.04. The summed E-state index contributed by atoms with van der Waals surface area (Å²) < 4.78 is 0. The molecule has 1 aromatic carbocycles.